The lowest BCUT2D eigenvalue weighted by molar-refractivity contribution is 0.277. The van der Waals surface area contributed by atoms with Crippen molar-refractivity contribution in [2.75, 3.05) is 33.0 Å². The normalized spacial score (nSPS) is 18.0. The SMILES string of the molecule is COc1ccc(S(C)(=O)=O)cc1S(=O)(=O)N1CCC(CN)CC1. The van der Waals surface area contributed by atoms with Crippen molar-refractivity contribution in [3.8, 4) is 5.75 Å². The first-order valence-electron chi connectivity index (χ1n) is 7.28. The maximum atomic E-state index is 12.9. The minimum atomic E-state index is -3.82. The van der Waals surface area contributed by atoms with Gasteiger partial charge in [-0.1, -0.05) is 0 Å². The molecule has 0 saturated carbocycles. The van der Waals surface area contributed by atoms with Crippen molar-refractivity contribution >= 4 is 19.9 Å². The van der Waals surface area contributed by atoms with Gasteiger partial charge in [0.15, 0.2) is 9.84 Å². The van der Waals surface area contributed by atoms with Crippen molar-refractivity contribution in [3.63, 3.8) is 0 Å². The van der Waals surface area contributed by atoms with Crippen LogP contribution in [0.5, 0.6) is 5.75 Å². The predicted molar refractivity (Wildman–Crippen MR) is 86.6 cm³/mol. The number of benzene rings is 1. The van der Waals surface area contributed by atoms with Crippen LogP contribution >= 0.6 is 0 Å². The summed E-state index contributed by atoms with van der Waals surface area (Å²) < 4.78 is 55.6. The molecule has 1 heterocycles. The van der Waals surface area contributed by atoms with Gasteiger partial charge in [-0.2, -0.15) is 4.31 Å². The van der Waals surface area contributed by atoms with Gasteiger partial charge in [0.25, 0.3) is 0 Å². The fourth-order valence-electron chi connectivity index (χ4n) is 2.61. The van der Waals surface area contributed by atoms with Gasteiger partial charge in [-0.05, 0) is 43.5 Å². The molecule has 0 radical (unpaired) electrons. The lowest BCUT2D eigenvalue weighted by atomic mass is 9.99. The van der Waals surface area contributed by atoms with E-state index in [0.717, 1.165) is 6.26 Å². The van der Waals surface area contributed by atoms with Crippen LogP contribution in [0.15, 0.2) is 28.0 Å². The maximum absolute atomic E-state index is 12.9. The van der Waals surface area contributed by atoms with Crippen LogP contribution in [0.4, 0.5) is 0 Å². The van der Waals surface area contributed by atoms with Gasteiger partial charge in [0, 0.05) is 19.3 Å². The molecule has 9 heteroatoms. The number of hydrogen-bond donors (Lipinski definition) is 1. The Balaban J connectivity index is 2.43. The Morgan fingerprint density at radius 2 is 1.83 bits per heavy atom. The van der Waals surface area contributed by atoms with E-state index in [1.807, 2.05) is 0 Å². The summed E-state index contributed by atoms with van der Waals surface area (Å²) in [5, 5.41) is 0. The van der Waals surface area contributed by atoms with Crippen molar-refractivity contribution in [3.05, 3.63) is 18.2 Å². The molecule has 2 rings (SSSR count). The van der Waals surface area contributed by atoms with E-state index in [0.29, 0.717) is 38.4 Å². The van der Waals surface area contributed by atoms with E-state index in [1.54, 1.807) is 0 Å². The molecule has 2 N–H and O–H groups in total. The van der Waals surface area contributed by atoms with Crippen molar-refractivity contribution in [2.45, 2.75) is 22.6 Å². The summed E-state index contributed by atoms with van der Waals surface area (Å²) in [6.07, 6.45) is 2.44. The van der Waals surface area contributed by atoms with Crippen molar-refractivity contribution in [1.29, 1.82) is 0 Å². The smallest absolute Gasteiger partial charge is 0.246 e. The van der Waals surface area contributed by atoms with Gasteiger partial charge < -0.3 is 10.5 Å². The number of hydrogen-bond acceptors (Lipinski definition) is 6. The molecule has 0 aromatic heterocycles. The quantitative estimate of drug-likeness (QED) is 0.815. The van der Waals surface area contributed by atoms with Gasteiger partial charge in [0.1, 0.15) is 10.6 Å². The summed E-state index contributed by atoms with van der Waals surface area (Å²) in [5.41, 5.74) is 5.63. The van der Waals surface area contributed by atoms with E-state index < -0.39 is 19.9 Å². The fraction of sp³-hybridized carbons (Fsp3) is 0.571. The third kappa shape index (κ3) is 3.85. The van der Waals surface area contributed by atoms with Gasteiger partial charge in [-0.3, -0.25) is 0 Å². The van der Waals surface area contributed by atoms with E-state index in [4.69, 9.17) is 10.5 Å². The number of nitrogens with two attached hydrogens (primary N) is 1. The van der Waals surface area contributed by atoms with Crippen LogP contribution in [-0.2, 0) is 19.9 Å². The zero-order valence-corrected chi connectivity index (χ0v) is 14.9. The standard InChI is InChI=1S/C14H22N2O5S2/c1-21-13-4-3-12(22(2,17)18)9-14(13)23(19,20)16-7-5-11(10-15)6-8-16/h3-4,9,11H,5-8,10,15H2,1-2H3. The number of piperidine rings is 1. The van der Waals surface area contributed by atoms with E-state index in [9.17, 15) is 16.8 Å². The molecule has 1 aromatic carbocycles. The lowest BCUT2D eigenvalue weighted by Crippen LogP contribution is -2.40. The average Bonchev–Trinajstić information content (AvgIpc) is 2.53. The third-order valence-corrected chi connectivity index (χ3v) is 7.12. The van der Waals surface area contributed by atoms with Gasteiger partial charge in [-0.25, -0.2) is 16.8 Å². The number of sulfonamides is 1. The summed E-state index contributed by atoms with van der Waals surface area (Å²) in [7, 11) is -5.97. The number of nitrogens with zero attached hydrogens (tertiary/aromatic N) is 1. The highest BCUT2D eigenvalue weighted by molar-refractivity contribution is 7.91. The van der Waals surface area contributed by atoms with Gasteiger partial charge in [0.05, 0.1) is 12.0 Å². The molecule has 0 bridgehead atoms. The van der Waals surface area contributed by atoms with Crippen LogP contribution in [0.25, 0.3) is 0 Å². The molecule has 0 amide bonds. The van der Waals surface area contributed by atoms with Crippen LogP contribution in [0.3, 0.4) is 0 Å². The van der Waals surface area contributed by atoms with Gasteiger partial charge >= 0.3 is 0 Å². The molecule has 1 saturated heterocycles. The number of sulfone groups is 1. The van der Waals surface area contributed by atoms with Crippen molar-refractivity contribution in [1.82, 2.24) is 4.31 Å². The zero-order valence-electron chi connectivity index (χ0n) is 13.2. The molecule has 0 spiro atoms. The Kier molecular flexibility index (Phi) is 5.34. The molecule has 1 aliphatic heterocycles. The summed E-state index contributed by atoms with van der Waals surface area (Å²) in [5.74, 6) is 0.462. The zero-order chi connectivity index (χ0) is 17.3. The van der Waals surface area contributed by atoms with Gasteiger partial charge in [0.2, 0.25) is 10.0 Å². The summed E-state index contributed by atoms with van der Waals surface area (Å²) in [6, 6.07) is 3.88. The Labute approximate surface area is 137 Å². The molecule has 0 atom stereocenters. The highest BCUT2D eigenvalue weighted by Crippen LogP contribution is 2.31. The molecule has 7 nitrogen and oxygen atoms in total. The van der Waals surface area contributed by atoms with Crippen molar-refractivity contribution < 1.29 is 21.6 Å². The lowest BCUT2D eigenvalue weighted by Gasteiger charge is -2.31. The number of ether oxygens (including phenoxy) is 1. The molecular weight excluding hydrogens is 340 g/mol. The Morgan fingerprint density at radius 3 is 2.30 bits per heavy atom. The second-order valence-corrected chi connectivity index (χ2v) is 9.59. The maximum Gasteiger partial charge on any atom is 0.246 e. The first kappa shape index (κ1) is 18.2. The van der Waals surface area contributed by atoms with E-state index in [2.05, 4.69) is 0 Å². The molecular formula is C14H22N2O5S2. The van der Waals surface area contributed by atoms with Gasteiger partial charge in [-0.15, -0.1) is 0 Å². The van der Waals surface area contributed by atoms with Crippen molar-refractivity contribution in [2.24, 2.45) is 11.7 Å². The molecule has 1 aromatic rings. The third-order valence-electron chi connectivity index (χ3n) is 4.09. The number of methoxy groups -OCH3 is 1. The molecule has 1 aliphatic rings. The Hall–Kier alpha value is -1.16. The van der Waals surface area contributed by atoms with Crippen LogP contribution in [0.2, 0.25) is 0 Å². The Bertz CT molecular complexity index is 766. The highest BCUT2D eigenvalue weighted by atomic mass is 32.2. The molecule has 1 fully saturated rings. The molecule has 130 valence electrons. The first-order valence-corrected chi connectivity index (χ1v) is 10.6. The Morgan fingerprint density at radius 1 is 1.22 bits per heavy atom. The highest BCUT2D eigenvalue weighted by Gasteiger charge is 2.32. The summed E-state index contributed by atoms with van der Waals surface area (Å²) >= 11 is 0. The first-order chi connectivity index (χ1) is 10.7. The second kappa shape index (κ2) is 6.76. The van der Waals surface area contributed by atoms with E-state index in [1.165, 1.54) is 29.6 Å². The van der Waals surface area contributed by atoms with Crippen LogP contribution < -0.4 is 10.5 Å². The summed E-state index contributed by atoms with van der Waals surface area (Å²) in [6.45, 7) is 1.29. The largest absolute Gasteiger partial charge is 0.495 e. The van der Waals surface area contributed by atoms with Crippen LogP contribution in [-0.4, -0.2) is 54.1 Å². The number of rotatable bonds is 5. The molecule has 0 aliphatic carbocycles. The molecule has 23 heavy (non-hydrogen) atoms. The monoisotopic (exact) mass is 362 g/mol. The van der Waals surface area contributed by atoms with E-state index >= 15 is 0 Å². The minimum absolute atomic E-state index is 0.0475. The van der Waals surface area contributed by atoms with Crippen LogP contribution in [0.1, 0.15) is 12.8 Å². The van der Waals surface area contributed by atoms with Crippen LogP contribution in [0, 0.1) is 5.92 Å². The fourth-order valence-corrected chi connectivity index (χ4v) is 4.99. The van der Waals surface area contributed by atoms with E-state index in [-0.39, 0.29) is 15.5 Å². The average molecular weight is 362 g/mol. The second-order valence-electron chi connectivity index (χ2n) is 5.67. The minimum Gasteiger partial charge on any atom is -0.495 e. The topological polar surface area (TPSA) is 107 Å². The predicted octanol–water partition coefficient (Wildman–Crippen LogP) is 0.458. The molecule has 0 unspecified atom stereocenters. The summed E-state index contributed by atoms with van der Waals surface area (Å²) in [4.78, 5) is -0.164.